The van der Waals surface area contributed by atoms with Crippen LogP contribution in [0.3, 0.4) is 0 Å². The Labute approximate surface area is 112 Å². The largest absolute Gasteiger partial charge is 0.360 e. The van der Waals surface area contributed by atoms with Gasteiger partial charge in [-0.2, -0.15) is 0 Å². The number of fused-ring (bicyclic) bond motifs is 1. The molecule has 2 aromatic rings. The minimum atomic E-state index is -3.31. The van der Waals surface area contributed by atoms with E-state index in [0.29, 0.717) is 11.5 Å². The highest BCUT2D eigenvalue weighted by molar-refractivity contribution is 7.91. The summed E-state index contributed by atoms with van der Waals surface area (Å²) < 4.78 is 22.4. The summed E-state index contributed by atoms with van der Waals surface area (Å²) in [5, 5.41) is 0.792. The molecule has 1 aromatic heterocycles. The van der Waals surface area contributed by atoms with Gasteiger partial charge in [0, 0.05) is 28.9 Å². The van der Waals surface area contributed by atoms with E-state index in [4.69, 9.17) is 0 Å². The van der Waals surface area contributed by atoms with E-state index >= 15 is 0 Å². The molecule has 0 aliphatic heterocycles. The van der Waals surface area contributed by atoms with Crippen LogP contribution in [0.1, 0.15) is 35.7 Å². The molecule has 0 saturated heterocycles. The molecular weight excluding hydrogens is 262 g/mol. The van der Waals surface area contributed by atoms with Crippen molar-refractivity contribution >= 4 is 26.5 Å². The third-order valence-corrected chi connectivity index (χ3v) is 3.85. The summed E-state index contributed by atoms with van der Waals surface area (Å²) in [5.41, 5.74) is 2.42. The number of H-pyrrole nitrogens is 1. The average molecular weight is 279 g/mol. The Bertz CT molecular complexity index is 726. The van der Waals surface area contributed by atoms with E-state index in [1.165, 1.54) is 0 Å². The van der Waals surface area contributed by atoms with Crippen molar-refractivity contribution in [3.63, 3.8) is 0 Å². The SMILES string of the molecule is CC(C)c1ccc2[nH]cc(C(=O)CS(C)(=O)=O)c2c1. The Balaban J connectivity index is 2.49. The molecule has 0 unspecified atom stereocenters. The van der Waals surface area contributed by atoms with E-state index in [2.05, 4.69) is 18.8 Å². The zero-order valence-corrected chi connectivity index (χ0v) is 12.0. The summed E-state index contributed by atoms with van der Waals surface area (Å²) in [7, 11) is -3.31. The third-order valence-electron chi connectivity index (χ3n) is 3.07. The van der Waals surface area contributed by atoms with Crippen molar-refractivity contribution in [1.82, 2.24) is 4.98 Å². The molecule has 0 aliphatic rings. The fourth-order valence-corrected chi connectivity index (χ4v) is 2.68. The number of carbonyl (C=O) groups excluding carboxylic acids is 1. The van der Waals surface area contributed by atoms with Gasteiger partial charge in [0.05, 0.1) is 0 Å². The standard InChI is InChI=1S/C14H17NO3S/c1-9(2)10-4-5-13-11(6-10)12(7-15-13)14(16)8-19(3,17)18/h4-7,9,15H,8H2,1-3H3. The molecule has 102 valence electrons. The monoisotopic (exact) mass is 279 g/mol. The molecule has 0 fully saturated rings. The fourth-order valence-electron chi connectivity index (χ4n) is 2.04. The van der Waals surface area contributed by atoms with Crippen LogP contribution in [0.15, 0.2) is 24.4 Å². The third kappa shape index (κ3) is 3.04. The molecule has 19 heavy (non-hydrogen) atoms. The zero-order valence-electron chi connectivity index (χ0n) is 11.2. The molecule has 4 nitrogen and oxygen atoms in total. The Morgan fingerprint density at radius 1 is 1.32 bits per heavy atom. The van der Waals surface area contributed by atoms with Crippen LogP contribution < -0.4 is 0 Å². The number of benzene rings is 1. The van der Waals surface area contributed by atoms with Gasteiger partial charge in [-0.1, -0.05) is 19.9 Å². The quantitative estimate of drug-likeness (QED) is 0.874. The van der Waals surface area contributed by atoms with Crippen molar-refractivity contribution in [1.29, 1.82) is 0 Å². The maximum absolute atomic E-state index is 12.0. The van der Waals surface area contributed by atoms with Crippen LogP contribution in [-0.2, 0) is 9.84 Å². The topological polar surface area (TPSA) is 67.0 Å². The summed E-state index contributed by atoms with van der Waals surface area (Å²) >= 11 is 0. The van der Waals surface area contributed by atoms with Crippen LogP contribution in [0, 0.1) is 0 Å². The van der Waals surface area contributed by atoms with Crippen LogP contribution in [0.2, 0.25) is 0 Å². The first kappa shape index (κ1) is 13.8. The first-order valence-electron chi connectivity index (χ1n) is 6.10. The van der Waals surface area contributed by atoms with E-state index in [1.54, 1.807) is 6.20 Å². The average Bonchev–Trinajstić information content (AvgIpc) is 2.68. The number of aromatic nitrogens is 1. The fraction of sp³-hybridized carbons (Fsp3) is 0.357. The van der Waals surface area contributed by atoms with Gasteiger partial charge in [-0.05, 0) is 23.6 Å². The molecule has 5 heteroatoms. The summed E-state index contributed by atoms with van der Waals surface area (Å²) in [4.78, 5) is 15.0. The lowest BCUT2D eigenvalue weighted by atomic mass is 10.00. The first-order valence-corrected chi connectivity index (χ1v) is 8.16. The van der Waals surface area contributed by atoms with E-state index in [1.807, 2.05) is 18.2 Å². The number of nitrogens with one attached hydrogen (secondary N) is 1. The van der Waals surface area contributed by atoms with Crippen LogP contribution in [0.25, 0.3) is 10.9 Å². The summed E-state index contributed by atoms with van der Waals surface area (Å²) in [6.45, 7) is 4.15. The Morgan fingerprint density at radius 3 is 2.58 bits per heavy atom. The lowest BCUT2D eigenvalue weighted by Crippen LogP contribution is -2.14. The molecular formula is C14H17NO3S. The second-order valence-electron chi connectivity index (χ2n) is 5.16. The molecule has 1 heterocycles. The predicted molar refractivity (Wildman–Crippen MR) is 76.4 cm³/mol. The number of Topliss-reactive ketones (excluding diaryl/α,β-unsaturated/α-hetero) is 1. The number of ketones is 1. The summed E-state index contributed by atoms with van der Waals surface area (Å²) in [6.07, 6.45) is 2.65. The molecule has 0 radical (unpaired) electrons. The Morgan fingerprint density at radius 2 is 2.00 bits per heavy atom. The first-order chi connectivity index (χ1) is 8.78. The lowest BCUT2D eigenvalue weighted by Gasteiger charge is -2.05. The highest BCUT2D eigenvalue weighted by atomic mass is 32.2. The van der Waals surface area contributed by atoms with E-state index in [0.717, 1.165) is 22.7 Å². The molecule has 1 aromatic carbocycles. The Kier molecular flexibility index (Phi) is 3.49. The van der Waals surface area contributed by atoms with Crippen LogP contribution in [0.4, 0.5) is 0 Å². The van der Waals surface area contributed by atoms with E-state index < -0.39 is 15.6 Å². The second-order valence-corrected chi connectivity index (χ2v) is 7.30. The van der Waals surface area contributed by atoms with Gasteiger partial charge in [-0.3, -0.25) is 4.79 Å². The molecule has 0 atom stereocenters. The number of aromatic amines is 1. The minimum absolute atomic E-state index is 0.358. The Hall–Kier alpha value is -1.62. The normalized spacial score (nSPS) is 12.2. The second kappa shape index (κ2) is 4.81. The van der Waals surface area contributed by atoms with Crippen molar-refractivity contribution in [2.75, 3.05) is 12.0 Å². The van der Waals surface area contributed by atoms with Gasteiger partial charge in [0.15, 0.2) is 15.6 Å². The number of carbonyl (C=O) groups is 1. The van der Waals surface area contributed by atoms with Gasteiger partial charge in [0.1, 0.15) is 5.75 Å². The highest BCUT2D eigenvalue weighted by Gasteiger charge is 2.17. The number of rotatable bonds is 4. The minimum Gasteiger partial charge on any atom is -0.360 e. The number of sulfone groups is 1. The number of hydrogen-bond donors (Lipinski definition) is 1. The maximum Gasteiger partial charge on any atom is 0.179 e. The van der Waals surface area contributed by atoms with Crippen molar-refractivity contribution < 1.29 is 13.2 Å². The summed E-state index contributed by atoms with van der Waals surface area (Å²) in [5.74, 6) is -0.460. The maximum atomic E-state index is 12.0. The van der Waals surface area contributed by atoms with Crippen molar-refractivity contribution in [2.24, 2.45) is 0 Å². The van der Waals surface area contributed by atoms with Crippen LogP contribution in [-0.4, -0.2) is 31.2 Å². The van der Waals surface area contributed by atoms with E-state index in [9.17, 15) is 13.2 Å². The molecule has 1 N–H and O–H groups in total. The molecule has 0 amide bonds. The van der Waals surface area contributed by atoms with Crippen molar-refractivity contribution in [3.8, 4) is 0 Å². The molecule has 0 spiro atoms. The molecule has 0 saturated carbocycles. The van der Waals surface area contributed by atoms with Gasteiger partial charge in [0.25, 0.3) is 0 Å². The van der Waals surface area contributed by atoms with Crippen LogP contribution >= 0.6 is 0 Å². The van der Waals surface area contributed by atoms with Gasteiger partial charge in [0.2, 0.25) is 0 Å². The lowest BCUT2D eigenvalue weighted by molar-refractivity contribution is 0.102. The van der Waals surface area contributed by atoms with Gasteiger partial charge < -0.3 is 4.98 Å². The summed E-state index contributed by atoms with van der Waals surface area (Å²) in [6, 6.07) is 5.88. The highest BCUT2D eigenvalue weighted by Crippen LogP contribution is 2.24. The molecule has 0 aliphatic carbocycles. The van der Waals surface area contributed by atoms with Crippen LogP contribution in [0.5, 0.6) is 0 Å². The van der Waals surface area contributed by atoms with Crippen molar-refractivity contribution in [2.45, 2.75) is 19.8 Å². The smallest absolute Gasteiger partial charge is 0.179 e. The van der Waals surface area contributed by atoms with Crippen molar-refractivity contribution in [3.05, 3.63) is 35.5 Å². The van der Waals surface area contributed by atoms with E-state index in [-0.39, 0.29) is 5.78 Å². The zero-order chi connectivity index (χ0) is 14.2. The van der Waals surface area contributed by atoms with Gasteiger partial charge in [-0.15, -0.1) is 0 Å². The predicted octanol–water partition coefficient (Wildman–Crippen LogP) is 2.52. The molecule has 2 rings (SSSR count). The van der Waals surface area contributed by atoms with Gasteiger partial charge >= 0.3 is 0 Å². The van der Waals surface area contributed by atoms with Gasteiger partial charge in [-0.25, -0.2) is 8.42 Å². The molecule has 0 bridgehead atoms. The number of hydrogen-bond acceptors (Lipinski definition) is 3.